The molecule has 7 heteroatoms. The first-order valence-corrected chi connectivity index (χ1v) is 7.69. The number of halogens is 3. The van der Waals surface area contributed by atoms with Gasteiger partial charge >= 0.3 is 6.61 Å². The molecule has 4 nitrogen and oxygen atoms in total. The molecule has 23 heavy (non-hydrogen) atoms. The Morgan fingerprint density at radius 2 is 1.91 bits per heavy atom. The zero-order chi connectivity index (χ0) is 15.5. The van der Waals surface area contributed by atoms with E-state index in [0.29, 0.717) is 18.5 Å². The largest absolute Gasteiger partial charge is 0.435 e. The van der Waals surface area contributed by atoms with Crippen molar-refractivity contribution >= 4 is 18.3 Å². The van der Waals surface area contributed by atoms with Gasteiger partial charge in [-0.3, -0.25) is 4.79 Å². The minimum atomic E-state index is -2.83. The van der Waals surface area contributed by atoms with Gasteiger partial charge in [-0.25, -0.2) is 0 Å². The zero-order valence-corrected chi connectivity index (χ0v) is 13.5. The highest BCUT2D eigenvalue weighted by atomic mass is 35.5. The van der Waals surface area contributed by atoms with E-state index in [1.54, 1.807) is 12.1 Å². The summed E-state index contributed by atoms with van der Waals surface area (Å²) >= 11 is 0. The summed E-state index contributed by atoms with van der Waals surface area (Å²) < 4.78 is 28.5. The van der Waals surface area contributed by atoms with E-state index < -0.39 is 6.61 Å². The summed E-state index contributed by atoms with van der Waals surface area (Å²) in [7, 11) is 0. The Morgan fingerprint density at radius 3 is 2.61 bits per heavy atom. The maximum Gasteiger partial charge on any atom is 0.387 e. The SMILES string of the molecule is Cl.O=C(Cc1ccc(OC(F)F)cc1)N1C2CCNCC1CC2. The average molecular weight is 347 g/mol. The van der Waals surface area contributed by atoms with Crippen LogP contribution in [0.4, 0.5) is 8.78 Å². The van der Waals surface area contributed by atoms with Gasteiger partial charge in [-0.05, 0) is 43.5 Å². The Hall–Kier alpha value is -1.40. The molecule has 1 N–H and O–H groups in total. The summed E-state index contributed by atoms with van der Waals surface area (Å²) in [4.78, 5) is 14.6. The maximum absolute atomic E-state index is 12.6. The zero-order valence-electron chi connectivity index (χ0n) is 12.7. The summed E-state index contributed by atoms with van der Waals surface area (Å²) in [6.07, 6.45) is 3.45. The highest BCUT2D eigenvalue weighted by molar-refractivity contribution is 5.85. The van der Waals surface area contributed by atoms with E-state index in [0.717, 1.165) is 37.9 Å². The topological polar surface area (TPSA) is 41.6 Å². The van der Waals surface area contributed by atoms with E-state index in [4.69, 9.17) is 0 Å². The Kier molecular flexibility index (Phi) is 6.18. The van der Waals surface area contributed by atoms with Gasteiger partial charge in [0.1, 0.15) is 5.75 Å². The highest BCUT2D eigenvalue weighted by Gasteiger charge is 2.37. The number of hydrogen-bond acceptors (Lipinski definition) is 3. The fourth-order valence-corrected chi connectivity index (χ4v) is 3.44. The normalized spacial score (nSPS) is 23.3. The third kappa shape index (κ3) is 4.32. The first kappa shape index (κ1) is 17.9. The maximum atomic E-state index is 12.6. The van der Waals surface area contributed by atoms with Crippen LogP contribution in [-0.2, 0) is 11.2 Å². The van der Waals surface area contributed by atoms with Gasteiger partial charge in [0.05, 0.1) is 6.42 Å². The van der Waals surface area contributed by atoms with Gasteiger partial charge in [-0.2, -0.15) is 8.78 Å². The molecule has 3 rings (SSSR count). The summed E-state index contributed by atoms with van der Waals surface area (Å²) in [5, 5.41) is 3.37. The van der Waals surface area contributed by atoms with Gasteiger partial charge in [-0.15, -0.1) is 12.4 Å². The van der Waals surface area contributed by atoms with Crippen molar-refractivity contribution < 1.29 is 18.3 Å². The van der Waals surface area contributed by atoms with E-state index in [1.165, 1.54) is 12.1 Å². The predicted octanol–water partition coefficient (Wildman–Crippen LogP) is 2.61. The van der Waals surface area contributed by atoms with Crippen LogP contribution in [0.15, 0.2) is 24.3 Å². The van der Waals surface area contributed by atoms with Crippen LogP contribution in [0.2, 0.25) is 0 Å². The molecule has 0 radical (unpaired) electrons. The number of nitrogens with one attached hydrogen (secondary N) is 1. The number of alkyl halides is 2. The number of fused-ring (bicyclic) bond motifs is 2. The van der Waals surface area contributed by atoms with Crippen LogP contribution in [0.3, 0.4) is 0 Å². The fraction of sp³-hybridized carbons (Fsp3) is 0.562. The molecule has 0 aliphatic carbocycles. The summed E-state index contributed by atoms with van der Waals surface area (Å²) in [5.41, 5.74) is 0.822. The highest BCUT2D eigenvalue weighted by Crippen LogP contribution is 2.28. The lowest BCUT2D eigenvalue weighted by Crippen LogP contribution is -2.43. The van der Waals surface area contributed by atoms with Crippen molar-refractivity contribution in [2.75, 3.05) is 13.1 Å². The van der Waals surface area contributed by atoms with Crippen molar-refractivity contribution in [1.82, 2.24) is 10.2 Å². The second-order valence-electron chi connectivity index (χ2n) is 5.88. The lowest BCUT2D eigenvalue weighted by atomic mass is 10.1. The first-order chi connectivity index (χ1) is 10.6. The molecule has 2 fully saturated rings. The van der Waals surface area contributed by atoms with E-state index in [2.05, 4.69) is 10.1 Å². The average Bonchev–Trinajstić information content (AvgIpc) is 2.74. The van der Waals surface area contributed by atoms with Crippen LogP contribution in [0.5, 0.6) is 5.75 Å². The smallest absolute Gasteiger partial charge is 0.387 e. The molecule has 2 aliphatic heterocycles. The number of nitrogens with zero attached hydrogens (tertiary/aromatic N) is 1. The van der Waals surface area contributed by atoms with Gasteiger partial charge in [0.25, 0.3) is 0 Å². The molecule has 2 heterocycles. The second-order valence-corrected chi connectivity index (χ2v) is 5.88. The van der Waals surface area contributed by atoms with Crippen molar-refractivity contribution in [2.45, 2.75) is 44.4 Å². The van der Waals surface area contributed by atoms with E-state index >= 15 is 0 Å². The van der Waals surface area contributed by atoms with Crippen LogP contribution < -0.4 is 10.1 Å². The molecule has 0 spiro atoms. The Balaban J connectivity index is 0.00000192. The molecule has 1 amide bonds. The fourth-order valence-electron chi connectivity index (χ4n) is 3.44. The van der Waals surface area contributed by atoms with Gasteiger partial charge in [0, 0.05) is 18.6 Å². The summed E-state index contributed by atoms with van der Waals surface area (Å²) in [5.74, 6) is 0.240. The molecule has 2 aliphatic rings. The third-order valence-corrected chi connectivity index (χ3v) is 4.45. The molecular weight excluding hydrogens is 326 g/mol. The number of carbonyl (C=O) groups is 1. The van der Waals surface area contributed by atoms with Crippen LogP contribution in [0.1, 0.15) is 24.8 Å². The van der Waals surface area contributed by atoms with Gasteiger partial charge in [0.15, 0.2) is 0 Å². The first-order valence-electron chi connectivity index (χ1n) is 7.69. The predicted molar refractivity (Wildman–Crippen MR) is 85.2 cm³/mol. The quantitative estimate of drug-likeness (QED) is 0.911. The molecular formula is C16H21ClF2N2O2. The van der Waals surface area contributed by atoms with Crippen molar-refractivity contribution in [1.29, 1.82) is 0 Å². The molecule has 1 aromatic rings. The Morgan fingerprint density at radius 1 is 1.22 bits per heavy atom. The molecule has 128 valence electrons. The summed E-state index contributed by atoms with van der Waals surface area (Å²) in [6.45, 7) is -0.999. The minimum absolute atomic E-state index is 0. The van der Waals surface area contributed by atoms with Gasteiger partial charge < -0.3 is 15.0 Å². The van der Waals surface area contributed by atoms with Crippen molar-refractivity contribution in [2.24, 2.45) is 0 Å². The van der Waals surface area contributed by atoms with Crippen LogP contribution in [0, 0.1) is 0 Å². The van der Waals surface area contributed by atoms with Gasteiger partial charge in [-0.1, -0.05) is 12.1 Å². The van der Waals surface area contributed by atoms with E-state index in [1.807, 2.05) is 4.90 Å². The monoisotopic (exact) mass is 346 g/mol. The van der Waals surface area contributed by atoms with Gasteiger partial charge in [0.2, 0.25) is 5.91 Å². The Labute approximate surface area is 140 Å². The minimum Gasteiger partial charge on any atom is -0.435 e. The number of benzene rings is 1. The molecule has 2 saturated heterocycles. The number of hydrogen-bond donors (Lipinski definition) is 1. The van der Waals surface area contributed by atoms with Crippen molar-refractivity contribution in [3.05, 3.63) is 29.8 Å². The third-order valence-electron chi connectivity index (χ3n) is 4.45. The molecule has 2 unspecified atom stereocenters. The van der Waals surface area contributed by atoms with Crippen LogP contribution in [-0.4, -0.2) is 42.6 Å². The van der Waals surface area contributed by atoms with Crippen LogP contribution >= 0.6 is 12.4 Å². The number of amides is 1. The van der Waals surface area contributed by atoms with Crippen LogP contribution in [0.25, 0.3) is 0 Å². The van der Waals surface area contributed by atoms with Crippen molar-refractivity contribution in [3.8, 4) is 5.75 Å². The van der Waals surface area contributed by atoms with E-state index in [-0.39, 0.29) is 24.1 Å². The molecule has 0 aromatic heterocycles. The lowest BCUT2D eigenvalue weighted by molar-refractivity contribution is -0.133. The number of ether oxygens (including phenoxy) is 1. The molecule has 2 bridgehead atoms. The second kappa shape index (κ2) is 7.93. The number of rotatable bonds is 4. The molecule has 2 atom stereocenters. The molecule has 1 aromatic carbocycles. The van der Waals surface area contributed by atoms with Crippen molar-refractivity contribution in [3.63, 3.8) is 0 Å². The Bertz CT molecular complexity index is 513. The lowest BCUT2D eigenvalue weighted by Gasteiger charge is -2.28. The number of carbonyl (C=O) groups excluding carboxylic acids is 1. The standard InChI is InChI=1S/C16H20F2N2O2.ClH/c17-16(18)22-14-5-1-11(2-6-14)9-15(21)20-12-3-4-13(20)10-19-8-7-12;/h1-2,5-6,12-13,16,19H,3-4,7-10H2;1H. The molecule has 0 saturated carbocycles. The van der Waals surface area contributed by atoms with E-state index in [9.17, 15) is 13.6 Å². The summed E-state index contributed by atoms with van der Waals surface area (Å²) in [6, 6.07) is 6.94.